The first kappa shape index (κ1) is 16.5. The summed E-state index contributed by atoms with van der Waals surface area (Å²) in [5.74, 6) is 0.0913. The first-order chi connectivity index (χ1) is 11.2. The normalized spacial score (nSPS) is 21.3. The molecule has 2 N–H and O–H groups in total. The van der Waals surface area contributed by atoms with E-state index in [1.807, 2.05) is 12.1 Å². The second kappa shape index (κ2) is 7.93. The minimum absolute atomic E-state index is 0.0913. The number of hydrogen-bond acceptors (Lipinski definition) is 3. The summed E-state index contributed by atoms with van der Waals surface area (Å²) in [7, 11) is 0. The molecule has 0 aromatic heterocycles. The molecule has 1 amide bonds. The summed E-state index contributed by atoms with van der Waals surface area (Å²) >= 11 is 0. The Morgan fingerprint density at radius 2 is 2.04 bits per heavy atom. The Hall–Kier alpha value is -1.39. The predicted octanol–water partition coefficient (Wildman–Crippen LogP) is 2.20. The van der Waals surface area contributed by atoms with Crippen LogP contribution in [0.4, 0.5) is 0 Å². The second-order valence-electron chi connectivity index (χ2n) is 6.99. The number of piperazine rings is 1. The quantitative estimate of drug-likeness (QED) is 0.875. The summed E-state index contributed by atoms with van der Waals surface area (Å²) < 4.78 is 0. The van der Waals surface area contributed by atoms with Crippen LogP contribution in [0.2, 0.25) is 0 Å². The molecule has 2 fully saturated rings. The third kappa shape index (κ3) is 4.55. The van der Waals surface area contributed by atoms with Gasteiger partial charge in [0.1, 0.15) is 0 Å². The first-order valence-corrected chi connectivity index (χ1v) is 9.07. The van der Waals surface area contributed by atoms with Crippen molar-refractivity contribution < 1.29 is 4.79 Å². The van der Waals surface area contributed by atoms with Crippen LogP contribution in [0.3, 0.4) is 0 Å². The molecule has 1 aliphatic carbocycles. The van der Waals surface area contributed by atoms with Gasteiger partial charge in [0.15, 0.2) is 0 Å². The number of carbonyl (C=O) groups excluding carboxylic acids is 1. The lowest BCUT2D eigenvalue weighted by molar-refractivity contribution is 0.0937. The Morgan fingerprint density at radius 3 is 2.78 bits per heavy atom. The molecule has 1 aromatic carbocycles. The molecule has 1 saturated heterocycles. The predicted molar refractivity (Wildman–Crippen MR) is 93.8 cm³/mol. The maximum atomic E-state index is 12.4. The van der Waals surface area contributed by atoms with E-state index in [9.17, 15) is 4.79 Å². The van der Waals surface area contributed by atoms with E-state index in [-0.39, 0.29) is 5.91 Å². The monoisotopic (exact) mass is 315 g/mol. The summed E-state index contributed by atoms with van der Waals surface area (Å²) in [5.41, 5.74) is 2.07. The number of rotatable bonds is 5. The lowest BCUT2D eigenvalue weighted by Crippen LogP contribution is -2.48. The molecule has 1 saturated carbocycles. The Balaban J connectivity index is 1.58. The fraction of sp³-hybridized carbons (Fsp3) is 0.632. The van der Waals surface area contributed by atoms with Gasteiger partial charge in [-0.25, -0.2) is 0 Å². The fourth-order valence-electron chi connectivity index (χ4n) is 3.77. The van der Waals surface area contributed by atoms with Gasteiger partial charge in [0.05, 0.1) is 0 Å². The van der Waals surface area contributed by atoms with E-state index in [0.29, 0.717) is 12.1 Å². The van der Waals surface area contributed by atoms with Crippen LogP contribution in [-0.4, -0.2) is 49.1 Å². The molecule has 1 heterocycles. The molecule has 126 valence electrons. The van der Waals surface area contributed by atoms with E-state index in [0.717, 1.165) is 51.0 Å². The van der Waals surface area contributed by atoms with Gasteiger partial charge >= 0.3 is 0 Å². The average Bonchev–Trinajstić information content (AvgIpc) is 3.09. The third-order valence-electron chi connectivity index (χ3n) is 5.19. The van der Waals surface area contributed by atoms with Gasteiger partial charge in [-0.15, -0.1) is 0 Å². The van der Waals surface area contributed by atoms with Crippen molar-refractivity contribution in [1.82, 2.24) is 15.5 Å². The minimum Gasteiger partial charge on any atom is -0.349 e. The topological polar surface area (TPSA) is 44.4 Å². The zero-order chi connectivity index (χ0) is 16.1. The van der Waals surface area contributed by atoms with E-state index in [2.05, 4.69) is 34.6 Å². The van der Waals surface area contributed by atoms with Gasteiger partial charge in [-0.2, -0.15) is 0 Å². The highest BCUT2D eigenvalue weighted by molar-refractivity contribution is 5.94. The highest BCUT2D eigenvalue weighted by atomic mass is 16.1. The summed E-state index contributed by atoms with van der Waals surface area (Å²) in [6.45, 7) is 6.67. The number of amides is 1. The number of nitrogens with zero attached hydrogens (tertiary/aromatic N) is 1. The molecule has 3 rings (SSSR count). The third-order valence-corrected chi connectivity index (χ3v) is 5.19. The van der Waals surface area contributed by atoms with Gasteiger partial charge in [-0.3, -0.25) is 9.69 Å². The summed E-state index contributed by atoms with van der Waals surface area (Å²) in [6, 6.07) is 9.07. The van der Waals surface area contributed by atoms with Crippen molar-refractivity contribution in [2.45, 2.75) is 51.1 Å². The Morgan fingerprint density at radius 1 is 1.30 bits per heavy atom. The average molecular weight is 315 g/mol. The van der Waals surface area contributed by atoms with Crippen LogP contribution in [-0.2, 0) is 6.42 Å². The van der Waals surface area contributed by atoms with Crippen molar-refractivity contribution >= 4 is 5.91 Å². The highest BCUT2D eigenvalue weighted by Crippen LogP contribution is 2.18. The van der Waals surface area contributed by atoms with Crippen LogP contribution >= 0.6 is 0 Å². The summed E-state index contributed by atoms with van der Waals surface area (Å²) in [4.78, 5) is 14.9. The molecule has 0 spiro atoms. The molecule has 1 aromatic rings. The van der Waals surface area contributed by atoms with Gasteiger partial charge < -0.3 is 10.6 Å². The molecule has 1 unspecified atom stereocenters. The summed E-state index contributed by atoms with van der Waals surface area (Å²) in [6.07, 6.45) is 5.75. The van der Waals surface area contributed by atoms with Crippen molar-refractivity contribution in [3.05, 3.63) is 35.4 Å². The molecule has 23 heavy (non-hydrogen) atoms. The van der Waals surface area contributed by atoms with E-state index in [1.54, 1.807) is 0 Å². The summed E-state index contributed by atoms with van der Waals surface area (Å²) in [5, 5.41) is 6.58. The molecule has 2 aliphatic rings. The maximum absolute atomic E-state index is 12.4. The van der Waals surface area contributed by atoms with E-state index in [4.69, 9.17) is 0 Å². The van der Waals surface area contributed by atoms with Gasteiger partial charge in [0, 0.05) is 43.8 Å². The van der Waals surface area contributed by atoms with Gasteiger partial charge in [-0.1, -0.05) is 25.0 Å². The zero-order valence-corrected chi connectivity index (χ0v) is 14.2. The van der Waals surface area contributed by atoms with Crippen LogP contribution in [0.5, 0.6) is 0 Å². The van der Waals surface area contributed by atoms with Gasteiger partial charge in [-0.05, 0) is 43.9 Å². The maximum Gasteiger partial charge on any atom is 0.251 e. The molecule has 4 nitrogen and oxygen atoms in total. The van der Waals surface area contributed by atoms with Crippen molar-refractivity contribution in [1.29, 1.82) is 0 Å². The molecule has 1 aliphatic heterocycles. The van der Waals surface area contributed by atoms with E-state index in [1.165, 1.54) is 18.4 Å². The molecule has 4 heteroatoms. The van der Waals surface area contributed by atoms with Crippen molar-refractivity contribution in [3.8, 4) is 0 Å². The molecule has 0 bridgehead atoms. The van der Waals surface area contributed by atoms with Crippen LogP contribution in [0.25, 0.3) is 0 Å². The lowest BCUT2D eigenvalue weighted by Gasteiger charge is -2.33. The fourth-order valence-corrected chi connectivity index (χ4v) is 3.77. The van der Waals surface area contributed by atoms with Gasteiger partial charge in [0.25, 0.3) is 5.91 Å². The number of nitrogens with one attached hydrogen (secondary N) is 2. The van der Waals surface area contributed by atoms with Crippen molar-refractivity contribution in [3.63, 3.8) is 0 Å². The Labute approximate surface area is 139 Å². The SMILES string of the molecule is CC(Cc1cccc(C(=O)NC2CCCC2)c1)N1CCNCC1. The van der Waals surface area contributed by atoms with Gasteiger partial charge in [0.2, 0.25) is 0 Å². The van der Waals surface area contributed by atoms with Crippen LogP contribution in [0.1, 0.15) is 48.5 Å². The van der Waals surface area contributed by atoms with Crippen LogP contribution in [0.15, 0.2) is 24.3 Å². The zero-order valence-electron chi connectivity index (χ0n) is 14.2. The smallest absolute Gasteiger partial charge is 0.251 e. The van der Waals surface area contributed by atoms with Crippen molar-refractivity contribution in [2.75, 3.05) is 26.2 Å². The first-order valence-electron chi connectivity index (χ1n) is 9.07. The number of hydrogen-bond donors (Lipinski definition) is 2. The number of benzene rings is 1. The molecular formula is C19H29N3O. The van der Waals surface area contributed by atoms with Crippen LogP contribution in [0, 0.1) is 0 Å². The minimum atomic E-state index is 0.0913. The van der Waals surface area contributed by atoms with E-state index < -0.39 is 0 Å². The van der Waals surface area contributed by atoms with Crippen LogP contribution < -0.4 is 10.6 Å². The van der Waals surface area contributed by atoms with E-state index >= 15 is 0 Å². The standard InChI is InChI=1S/C19H29N3O/c1-15(22-11-9-20-10-12-22)13-16-5-4-6-17(14-16)19(23)21-18-7-2-3-8-18/h4-6,14-15,18,20H,2-3,7-13H2,1H3,(H,21,23). The largest absolute Gasteiger partial charge is 0.349 e. The number of carbonyl (C=O) groups is 1. The molecule has 1 atom stereocenters. The molecular weight excluding hydrogens is 286 g/mol. The molecule has 0 radical (unpaired) electrons. The second-order valence-corrected chi connectivity index (χ2v) is 6.99. The Kier molecular flexibility index (Phi) is 5.68. The lowest BCUT2D eigenvalue weighted by atomic mass is 10.0. The Bertz CT molecular complexity index is 519. The highest BCUT2D eigenvalue weighted by Gasteiger charge is 2.19. The van der Waals surface area contributed by atoms with Crippen molar-refractivity contribution in [2.24, 2.45) is 0 Å².